The Morgan fingerprint density at radius 2 is 2.36 bits per heavy atom. The molecule has 0 heterocycles. The van der Waals surface area contributed by atoms with Crippen LogP contribution in [0.1, 0.15) is 13.3 Å². The first-order valence-electron chi connectivity index (χ1n) is 3.41. The van der Waals surface area contributed by atoms with Gasteiger partial charge in [0.2, 0.25) is 0 Å². The van der Waals surface area contributed by atoms with E-state index in [9.17, 15) is 4.79 Å². The summed E-state index contributed by atoms with van der Waals surface area (Å²) in [5, 5.41) is 11.1. The van der Waals surface area contributed by atoms with Crippen LogP contribution >= 0.6 is 11.8 Å². The minimum absolute atomic E-state index is 0.536. The number of carbonyl (C=O) groups excluding carboxylic acids is 1. The number of urea groups is 1. The van der Waals surface area contributed by atoms with Gasteiger partial charge in [-0.2, -0.15) is 11.8 Å². The van der Waals surface area contributed by atoms with Crippen LogP contribution in [-0.4, -0.2) is 29.3 Å². The van der Waals surface area contributed by atoms with Crippen molar-refractivity contribution >= 4 is 17.8 Å². The molecule has 0 spiro atoms. The highest BCUT2D eigenvalue weighted by Crippen LogP contribution is 2.07. The largest absolute Gasteiger partial charge is 0.338 e. The van der Waals surface area contributed by atoms with Gasteiger partial charge in [0.05, 0.1) is 0 Å². The quantitative estimate of drug-likeness (QED) is 0.441. The summed E-state index contributed by atoms with van der Waals surface area (Å²) in [5.74, 6) is 0. The van der Waals surface area contributed by atoms with E-state index >= 15 is 0 Å². The van der Waals surface area contributed by atoms with Crippen molar-refractivity contribution in [2.24, 2.45) is 0 Å². The zero-order valence-corrected chi connectivity index (χ0v) is 7.57. The average Bonchev–Trinajstić information content (AvgIpc) is 2.04. The number of nitrogens with one attached hydrogen (secondary N) is 2. The molecule has 1 atom stereocenters. The van der Waals surface area contributed by atoms with Gasteiger partial charge < -0.3 is 5.32 Å². The molecule has 0 aliphatic carbocycles. The van der Waals surface area contributed by atoms with Crippen LogP contribution in [0.5, 0.6) is 0 Å². The molecule has 11 heavy (non-hydrogen) atoms. The van der Waals surface area contributed by atoms with Crippen LogP contribution < -0.4 is 10.8 Å². The minimum Gasteiger partial charge on any atom is -0.336 e. The lowest BCUT2D eigenvalue weighted by Gasteiger charge is -2.07. The Morgan fingerprint density at radius 3 is 2.82 bits per heavy atom. The first-order chi connectivity index (χ1) is 5.20. The van der Waals surface area contributed by atoms with Crippen molar-refractivity contribution in [3.8, 4) is 0 Å². The number of thioether (sulfide) groups is 1. The fraction of sp³-hybridized carbons (Fsp3) is 0.833. The lowest BCUT2D eigenvalue weighted by atomic mass is 10.3. The predicted molar refractivity (Wildman–Crippen MR) is 45.9 cm³/mol. The molecule has 0 saturated carbocycles. The standard InChI is InChI=1S/C6H14N2O2S/c1-5(11-2)3-4-7-6(9)8-10/h5,10H,3-4H2,1-2H3,(H2,7,8,9). The van der Waals surface area contributed by atoms with Gasteiger partial charge in [-0.3, -0.25) is 5.21 Å². The van der Waals surface area contributed by atoms with Crippen LogP contribution in [0.25, 0.3) is 0 Å². The Kier molecular flexibility index (Phi) is 6.06. The lowest BCUT2D eigenvalue weighted by Crippen LogP contribution is -2.34. The predicted octanol–water partition coefficient (Wildman–Crippen LogP) is 0.816. The zero-order valence-electron chi connectivity index (χ0n) is 6.76. The Morgan fingerprint density at radius 1 is 1.73 bits per heavy atom. The van der Waals surface area contributed by atoms with E-state index in [1.54, 1.807) is 11.8 Å². The van der Waals surface area contributed by atoms with Crippen LogP contribution in [0.4, 0.5) is 4.79 Å². The van der Waals surface area contributed by atoms with Crippen LogP contribution in [0.2, 0.25) is 0 Å². The molecule has 0 aliphatic heterocycles. The van der Waals surface area contributed by atoms with Crippen LogP contribution in [0.15, 0.2) is 0 Å². The summed E-state index contributed by atoms with van der Waals surface area (Å²) < 4.78 is 0. The van der Waals surface area contributed by atoms with E-state index in [2.05, 4.69) is 12.2 Å². The summed E-state index contributed by atoms with van der Waals surface area (Å²) >= 11 is 1.75. The molecule has 0 fully saturated rings. The van der Waals surface area contributed by atoms with Crippen molar-refractivity contribution in [2.45, 2.75) is 18.6 Å². The summed E-state index contributed by atoms with van der Waals surface area (Å²) in [6.07, 6.45) is 2.94. The monoisotopic (exact) mass is 178 g/mol. The summed E-state index contributed by atoms with van der Waals surface area (Å²) in [6.45, 7) is 2.68. The summed E-state index contributed by atoms with van der Waals surface area (Å²) in [5.41, 5.74) is 1.50. The maximum Gasteiger partial charge on any atom is 0.338 e. The second kappa shape index (κ2) is 6.30. The molecule has 0 aromatic heterocycles. The van der Waals surface area contributed by atoms with Gasteiger partial charge in [0.1, 0.15) is 0 Å². The Bertz CT molecular complexity index is 121. The van der Waals surface area contributed by atoms with E-state index in [0.717, 1.165) is 6.42 Å². The summed E-state index contributed by atoms with van der Waals surface area (Å²) in [4.78, 5) is 10.4. The van der Waals surface area contributed by atoms with Crippen LogP contribution in [-0.2, 0) is 0 Å². The molecular weight excluding hydrogens is 164 g/mol. The summed E-state index contributed by atoms with van der Waals surface area (Å²) in [7, 11) is 0. The molecule has 66 valence electrons. The van der Waals surface area contributed by atoms with Gasteiger partial charge in [0.15, 0.2) is 0 Å². The van der Waals surface area contributed by atoms with E-state index in [4.69, 9.17) is 5.21 Å². The van der Waals surface area contributed by atoms with Gasteiger partial charge in [-0.25, -0.2) is 10.3 Å². The average molecular weight is 178 g/mol. The van der Waals surface area contributed by atoms with Crippen LogP contribution in [0.3, 0.4) is 0 Å². The Hall–Kier alpha value is -0.420. The molecule has 0 aliphatic rings. The highest BCUT2D eigenvalue weighted by atomic mass is 32.2. The first kappa shape index (κ1) is 10.6. The van der Waals surface area contributed by atoms with Gasteiger partial charge in [-0.15, -0.1) is 0 Å². The third-order valence-corrected chi connectivity index (χ3v) is 2.38. The fourth-order valence-corrected chi connectivity index (χ4v) is 0.900. The van der Waals surface area contributed by atoms with E-state index in [-0.39, 0.29) is 0 Å². The molecule has 0 bridgehead atoms. The van der Waals surface area contributed by atoms with Gasteiger partial charge in [-0.1, -0.05) is 6.92 Å². The maximum absolute atomic E-state index is 10.4. The van der Waals surface area contributed by atoms with Gasteiger partial charge in [0.25, 0.3) is 0 Å². The van der Waals surface area contributed by atoms with Crippen molar-refractivity contribution < 1.29 is 10.0 Å². The summed E-state index contributed by atoms with van der Waals surface area (Å²) in [6, 6.07) is -0.543. The molecule has 0 aromatic carbocycles. The molecule has 0 rings (SSSR count). The van der Waals surface area contributed by atoms with Crippen molar-refractivity contribution in [1.29, 1.82) is 0 Å². The third kappa shape index (κ3) is 6.00. The number of carbonyl (C=O) groups is 1. The number of hydroxylamine groups is 1. The van der Waals surface area contributed by atoms with Gasteiger partial charge in [0, 0.05) is 11.8 Å². The smallest absolute Gasteiger partial charge is 0.336 e. The normalized spacial score (nSPS) is 12.3. The molecular formula is C6H14N2O2S. The highest BCUT2D eigenvalue weighted by molar-refractivity contribution is 7.99. The molecule has 0 saturated heterocycles. The van der Waals surface area contributed by atoms with Gasteiger partial charge in [-0.05, 0) is 12.7 Å². The first-order valence-corrected chi connectivity index (χ1v) is 4.70. The second-order valence-electron chi connectivity index (χ2n) is 2.20. The molecule has 0 radical (unpaired) electrons. The number of hydrogen-bond acceptors (Lipinski definition) is 3. The lowest BCUT2D eigenvalue weighted by molar-refractivity contribution is 0.161. The van der Waals surface area contributed by atoms with E-state index in [1.807, 2.05) is 6.26 Å². The van der Waals surface area contributed by atoms with Crippen molar-refractivity contribution in [2.75, 3.05) is 12.8 Å². The SMILES string of the molecule is CSC(C)CCNC(=O)NO. The number of hydrogen-bond donors (Lipinski definition) is 3. The molecule has 4 nitrogen and oxygen atoms in total. The molecule has 0 aromatic rings. The van der Waals surface area contributed by atoms with Crippen LogP contribution in [0, 0.1) is 0 Å². The Balaban J connectivity index is 3.20. The molecule has 3 N–H and O–H groups in total. The third-order valence-electron chi connectivity index (χ3n) is 1.34. The highest BCUT2D eigenvalue weighted by Gasteiger charge is 2.00. The van der Waals surface area contributed by atoms with E-state index in [0.29, 0.717) is 11.8 Å². The van der Waals surface area contributed by atoms with E-state index in [1.165, 1.54) is 5.48 Å². The minimum atomic E-state index is -0.543. The fourth-order valence-electron chi connectivity index (χ4n) is 0.546. The van der Waals surface area contributed by atoms with Crippen molar-refractivity contribution in [1.82, 2.24) is 10.8 Å². The molecule has 1 unspecified atom stereocenters. The number of amides is 2. The maximum atomic E-state index is 10.4. The number of rotatable bonds is 4. The Labute approximate surface area is 70.7 Å². The zero-order chi connectivity index (χ0) is 8.69. The van der Waals surface area contributed by atoms with E-state index < -0.39 is 6.03 Å². The molecule has 2 amide bonds. The molecule has 5 heteroatoms. The second-order valence-corrected chi connectivity index (χ2v) is 3.48. The van der Waals surface area contributed by atoms with Crippen molar-refractivity contribution in [3.05, 3.63) is 0 Å². The topological polar surface area (TPSA) is 61.4 Å². The van der Waals surface area contributed by atoms with Gasteiger partial charge >= 0.3 is 6.03 Å². The van der Waals surface area contributed by atoms with Crippen molar-refractivity contribution in [3.63, 3.8) is 0 Å².